The van der Waals surface area contributed by atoms with Crippen molar-refractivity contribution in [1.29, 1.82) is 0 Å². The number of ketones is 1. The molecular weight excluding hydrogens is 232 g/mol. The first-order valence-corrected chi connectivity index (χ1v) is 3.96. The Balaban J connectivity index is 0.00000225. The van der Waals surface area contributed by atoms with Gasteiger partial charge in [-0.25, -0.2) is 0 Å². The van der Waals surface area contributed by atoms with E-state index < -0.39 is 23.1 Å². The average molecular weight is 238 g/mol. The molecule has 80 valence electrons. The summed E-state index contributed by atoms with van der Waals surface area (Å²) in [5.41, 5.74) is -1.55. The van der Waals surface area contributed by atoms with Gasteiger partial charge in [0, 0.05) is 5.56 Å². The molecule has 0 atom stereocenters. The summed E-state index contributed by atoms with van der Waals surface area (Å²) in [6.07, 6.45) is -3.87. The van der Waals surface area contributed by atoms with Crippen molar-refractivity contribution in [3.8, 4) is 0 Å². The van der Waals surface area contributed by atoms with Crippen LogP contribution in [0.25, 0.3) is 0 Å². The number of alkyl halides is 3. The number of halogens is 3. The molecule has 1 aromatic rings. The number of carbonyl (C=O) groups is 1. The fraction of sp³-hybridized carbons (Fsp3) is 0.100. The first-order valence-electron chi connectivity index (χ1n) is 3.96. The van der Waals surface area contributed by atoms with Crippen LogP contribution in [0.1, 0.15) is 15.9 Å². The van der Waals surface area contributed by atoms with E-state index >= 15 is 0 Å². The quantitative estimate of drug-likeness (QED) is 0.280. The van der Waals surface area contributed by atoms with Crippen molar-refractivity contribution in [2.75, 3.05) is 0 Å². The Bertz CT molecular complexity index is 399. The summed E-state index contributed by atoms with van der Waals surface area (Å²) in [6, 6.07) is 4.32. The summed E-state index contributed by atoms with van der Waals surface area (Å²) in [5.74, 6) is -0.946. The minimum atomic E-state index is -4.59. The van der Waals surface area contributed by atoms with Gasteiger partial charge in [-0.2, -0.15) is 13.2 Å². The zero-order valence-corrected chi connectivity index (χ0v) is 10.4. The van der Waals surface area contributed by atoms with Crippen LogP contribution in [0.3, 0.4) is 0 Å². The minimum absolute atomic E-state index is 0. The van der Waals surface area contributed by atoms with Gasteiger partial charge in [0.1, 0.15) is 0 Å². The number of carbonyl (C=O) groups excluding carboxylic acids is 1. The Kier molecular flexibility index (Phi) is 5.78. The molecule has 0 aliphatic heterocycles. The maximum Gasteiger partial charge on any atom is 1.00 e. The second-order valence-electron chi connectivity index (χ2n) is 2.71. The smallest absolute Gasteiger partial charge is 0.878 e. The largest absolute Gasteiger partial charge is 1.00 e. The van der Waals surface area contributed by atoms with E-state index in [0.29, 0.717) is 6.08 Å². The third-order valence-corrected chi connectivity index (χ3v) is 1.72. The molecule has 0 fully saturated rings. The molecule has 0 N–H and O–H groups in total. The molecule has 6 heteroatoms. The minimum Gasteiger partial charge on any atom is -0.878 e. The van der Waals surface area contributed by atoms with Crippen LogP contribution >= 0.6 is 0 Å². The molecule has 0 aliphatic rings. The van der Waals surface area contributed by atoms with E-state index in [9.17, 15) is 23.1 Å². The van der Waals surface area contributed by atoms with Gasteiger partial charge in [0.15, 0.2) is 5.78 Å². The van der Waals surface area contributed by atoms with E-state index in [4.69, 9.17) is 0 Å². The zero-order valence-electron chi connectivity index (χ0n) is 8.41. The number of rotatable bonds is 2. The van der Waals surface area contributed by atoms with E-state index in [1.165, 1.54) is 12.1 Å². The van der Waals surface area contributed by atoms with Crippen LogP contribution in [0.2, 0.25) is 0 Å². The van der Waals surface area contributed by atoms with E-state index in [1.807, 2.05) is 0 Å². The number of benzene rings is 1. The maximum atomic E-state index is 12.4. The standard InChI is InChI=1S/C10H7F3O2.Na/c11-10(12,13)8-4-2-1-3-7(8)9(15)5-6-14;/h1-6,14H;/q;+1/p-1/b6-5+;. The molecule has 0 saturated carbocycles. The Hall–Kier alpha value is -0.780. The van der Waals surface area contributed by atoms with Crippen LogP contribution in [0, 0.1) is 0 Å². The van der Waals surface area contributed by atoms with Crippen LogP contribution in [0.4, 0.5) is 13.2 Å². The fourth-order valence-corrected chi connectivity index (χ4v) is 1.10. The molecular formula is C10H6F3NaO2. The monoisotopic (exact) mass is 238 g/mol. The average Bonchev–Trinajstić information content (AvgIpc) is 2.17. The van der Waals surface area contributed by atoms with E-state index in [1.54, 1.807) is 0 Å². The molecule has 0 aliphatic carbocycles. The number of allylic oxidation sites excluding steroid dienone is 1. The van der Waals surface area contributed by atoms with Crippen molar-refractivity contribution in [1.82, 2.24) is 0 Å². The molecule has 0 saturated heterocycles. The van der Waals surface area contributed by atoms with Gasteiger partial charge in [0.25, 0.3) is 0 Å². The Morgan fingerprint density at radius 1 is 1.25 bits per heavy atom. The summed E-state index contributed by atoms with van der Waals surface area (Å²) < 4.78 is 37.2. The number of hydrogen-bond donors (Lipinski definition) is 0. The van der Waals surface area contributed by atoms with Gasteiger partial charge in [0.05, 0.1) is 5.56 Å². The van der Waals surface area contributed by atoms with Crippen LogP contribution in [0.5, 0.6) is 0 Å². The van der Waals surface area contributed by atoms with Crippen LogP contribution < -0.4 is 34.7 Å². The van der Waals surface area contributed by atoms with Gasteiger partial charge in [-0.05, 0) is 12.1 Å². The predicted molar refractivity (Wildman–Crippen MR) is 44.9 cm³/mol. The first-order chi connectivity index (χ1) is 6.96. The maximum absolute atomic E-state index is 12.4. The zero-order chi connectivity index (χ0) is 11.5. The Morgan fingerprint density at radius 3 is 2.31 bits per heavy atom. The molecule has 1 rings (SSSR count). The molecule has 2 nitrogen and oxygen atoms in total. The fourth-order valence-electron chi connectivity index (χ4n) is 1.10. The molecule has 0 heterocycles. The van der Waals surface area contributed by atoms with E-state index in [-0.39, 0.29) is 35.8 Å². The Morgan fingerprint density at radius 2 is 1.81 bits per heavy atom. The topological polar surface area (TPSA) is 40.1 Å². The second kappa shape index (κ2) is 6.08. The second-order valence-corrected chi connectivity index (χ2v) is 2.71. The molecule has 0 amide bonds. The van der Waals surface area contributed by atoms with Gasteiger partial charge >= 0.3 is 35.7 Å². The summed E-state index contributed by atoms with van der Waals surface area (Å²) >= 11 is 0. The van der Waals surface area contributed by atoms with E-state index in [2.05, 4.69) is 0 Å². The Labute approximate surface area is 112 Å². The SMILES string of the molecule is O=C(/C=C/[O-])c1ccccc1C(F)(F)F.[Na+]. The first kappa shape index (κ1) is 15.2. The van der Waals surface area contributed by atoms with Crippen molar-refractivity contribution in [2.24, 2.45) is 0 Å². The third-order valence-electron chi connectivity index (χ3n) is 1.72. The molecule has 0 unspecified atom stereocenters. The molecule has 0 radical (unpaired) electrons. The van der Waals surface area contributed by atoms with Crippen molar-refractivity contribution in [3.63, 3.8) is 0 Å². The van der Waals surface area contributed by atoms with Crippen LogP contribution in [-0.4, -0.2) is 5.78 Å². The van der Waals surface area contributed by atoms with Crippen LogP contribution in [0.15, 0.2) is 36.6 Å². The molecule has 0 bridgehead atoms. The van der Waals surface area contributed by atoms with Crippen molar-refractivity contribution in [3.05, 3.63) is 47.7 Å². The molecule has 0 spiro atoms. The van der Waals surface area contributed by atoms with Crippen LogP contribution in [-0.2, 0) is 6.18 Å². The van der Waals surface area contributed by atoms with E-state index in [0.717, 1.165) is 12.1 Å². The summed E-state index contributed by atoms with van der Waals surface area (Å²) in [4.78, 5) is 11.1. The molecule has 0 aromatic heterocycles. The van der Waals surface area contributed by atoms with Gasteiger partial charge in [-0.15, -0.1) is 6.26 Å². The molecule has 1 aromatic carbocycles. The third kappa shape index (κ3) is 3.66. The summed E-state index contributed by atoms with van der Waals surface area (Å²) in [7, 11) is 0. The summed E-state index contributed by atoms with van der Waals surface area (Å²) in [6.45, 7) is 0. The predicted octanol–water partition coefficient (Wildman–Crippen LogP) is -1.23. The van der Waals surface area contributed by atoms with Crippen molar-refractivity contribution >= 4 is 5.78 Å². The molecule has 16 heavy (non-hydrogen) atoms. The van der Waals surface area contributed by atoms with Gasteiger partial charge < -0.3 is 5.11 Å². The normalized spacial score (nSPS) is 11.2. The summed E-state index contributed by atoms with van der Waals surface area (Å²) in [5, 5.41) is 9.99. The van der Waals surface area contributed by atoms with Crippen molar-refractivity contribution in [2.45, 2.75) is 6.18 Å². The van der Waals surface area contributed by atoms with Gasteiger partial charge in [-0.1, -0.05) is 18.2 Å². The van der Waals surface area contributed by atoms with Gasteiger partial charge in [-0.3, -0.25) is 4.79 Å². The number of hydrogen-bond acceptors (Lipinski definition) is 2. The van der Waals surface area contributed by atoms with Gasteiger partial charge in [0.2, 0.25) is 0 Å². The van der Waals surface area contributed by atoms with Crippen molar-refractivity contribution < 1.29 is 52.6 Å².